The molecule has 1 aliphatic rings. The van der Waals surface area contributed by atoms with E-state index in [1.807, 2.05) is 0 Å². The molecule has 0 aromatic heterocycles. The molecule has 0 spiro atoms. The molecule has 1 unspecified atom stereocenters. The Morgan fingerprint density at radius 2 is 2.45 bits per heavy atom. The zero-order valence-corrected chi connectivity index (χ0v) is 6.49. The number of hydrogen-bond acceptors (Lipinski definition) is 3. The summed E-state index contributed by atoms with van der Waals surface area (Å²) in [7, 11) is 0. The van der Waals surface area contributed by atoms with Crippen LogP contribution in [-0.4, -0.2) is 42.2 Å². The third-order valence-electron chi connectivity index (χ3n) is 2.00. The van der Waals surface area contributed by atoms with Crippen molar-refractivity contribution in [1.82, 2.24) is 4.90 Å². The highest BCUT2D eigenvalue weighted by Crippen LogP contribution is 2.15. The number of carbonyl (C=O) groups is 1. The molecule has 64 valence electrons. The first kappa shape index (κ1) is 8.49. The van der Waals surface area contributed by atoms with Crippen molar-refractivity contribution in [1.29, 1.82) is 0 Å². The van der Waals surface area contributed by atoms with Gasteiger partial charge in [0.25, 0.3) is 0 Å². The van der Waals surface area contributed by atoms with E-state index in [1.54, 1.807) is 4.90 Å². The fourth-order valence-electron chi connectivity index (χ4n) is 1.35. The van der Waals surface area contributed by atoms with Crippen molar-refractivity contribution in [3.05, 3.63) is 0 Å². The molecule has 1 heterocycles. The van der Waals surface area contributed by atoms with Crippen LogP contribution in [0, 0.1) is 5.92 Å². The average molecular weight is 158 g/mol. The third-order valence-corrected chi connectivity index (χ3v) is 2.00. The number of nitrogens with two attached hydrogens (primary N) is 1. The van der Waals surface area contributed by atoms with Crippen LogP contribution < -0.4 is 5.73 Å². The van der Waals surface area contributed by atoms with E-state index in [0.29, 0.717) is 25.4 Å². The Hall–Kier alpha value is -0.610. The predicted octanol–water partition coefficient (Wildman–Crippen LogP) is -1.21. The molecule has 3 N–H and O–H groups in total. The second-order valence-corrected chi connectivity index (χ2v) is 2.87. The normalized spacial score (nSPS) is 24.7. The number of amides is 1. The summed E-state index contributed by atoms with van der Waals surface area (Å²) in [5.74, 6) is 0.420. The summed E-state index contributed by atoms with van der Waals surface area (Å²) in [6.07, 6.45) is 0.552. The molecule has 1 fully saturated rings. The van der Waals surface area contributed by atoms with Crippen LogP contribution in [0.4, 0.5) is 0 Å². The summed E-state index contributed by atoms with van der Waals surface area (Å²) in [5, 5.41) is 8.58. The van der Waals surface area contributed by atoms with Gasteiger partial charge in [-0.3, -0.25) is 4.79 Å². The minimum absolute atomic E-state index is 0.0447. The number of nitrogens with zero attached hydrogens (tertiary/aromatic N) is 1. The van der Waals surface area contributed by atoms with Crippen molar-refractivity contribution in [2.75, 3.05) is 26.2 Å². The summed E-state index contributed by atoms with van der Waals surface area (Å²) < 4.78 is 0. The lowest BCUT2D eigenvalue weighted by Crippen LogP contribution is -2.29. The van der Waals surface area contributed by atoms with Gasteiger partial charge in [0.2, 0.25) is 5.91 Å². The molecule has 1 aliphatic heterocycles. The monoisotopic (exact) mass is 158 g/mol. The Kier molecular flexibility index (Phi) is 2.84. The first-order valence-electron chi connectivity index (χ1n) is 3.86. The van der Waals surface area contributed by atoms with Crippen LogP contribution in [0.25, 0.3) is 0 Å². The lowest BCUT2D eigenvalue weighted by atomic mass is 10.1. The number of rotatable bonds is 3. The maximum atomic E-state index is 11.1. The summed E-state index contributed by atoms with van der Waals surface area (Å²) in [4.78, 5) is 12.8. The van der Waals surface area contributed by atoms with Crippen molar-refractivity contribution in [2.45, 2.75) is 6.42 Å². The van der Waals surface area contributed by atoms with Crippen LogP contribution >= 0.6 is 0 Å². The number of likely N-dealkylation sites (tertiary alicyclic amines) is 1. The van der Waals surface area contributed by atoms with Crippen LogP contribution in [0.3, 0.4) is 0 Å². The number of aliphatic hydroxyl groups excluding tert-OH is 1. The molecule has 0 saturated carbocycles. The number of β-amino-alcohol motifs (C(OH)–C–C–N with tert-alkyl or cyclic N) is 1. The Bertz CT molecular complexity index is 149. The summed E-state index contributed by atoms with van der Waals surface area (Å²) in [6, 6.07) is 0. The van der Waals surface area contributed by atoms with E-state index in [0.717, 1.165) is 6.54 Å². The molecule has 4 heteroatoms. The number of hydrogen-bond donors (Lipinski definition) is 2. The van der Waals surface area contributed by atoms with Crippen molar-refractivity contribution >= 4 is 5.91 Å². The average Bonchev–Trinajstić information content (AvgIpc) is 2.33. The first-order chi connectivity index (χ1) is 5.27. The molecular formula is C7H14N2O2. The second-order valence-electron chi connectivity index (χ2n) is 2.87. The zero-order chi connectivity index (χ0) is 8.27. The van der Waals surface area contributed by atoms with E-state index < -0.39 is 0 Å². The summed E-state index contributed by atoms with van der Waals surface area (Å²) in [5.41, 5.74) is 5.41. The van der Waals surface area contributed by atoms with Crippen molar-refractivity contribution < 1.29 is 9.90 Å². The molecule has 0 bridgehead atoms. The van der Waals surface area contributed by atoms with Crippen LogP contribution in [-0.2, 0) is 4.79 Å². The van der Waals surface area contributed by atoms with E-state index in [4.69, 9.17) is 10.8 Å². The number of aliphatic hydroxyl groups is 1. The topological polar surface area (TPSA) is 66.6 Å². The predicted molar refractivity (Wildman–Crippen MR) is 40.8 cm³/mol. The maximum absolute atomic E-state index is 11.1. The Labute approximate surface area is 66.0 Å². The van der Waals surface area contributed by atoms with Gasteiger partial charge in [-0.25, -0.2) is 0 Å². The molecule has 11 heavy (non-hydrogen) atoms. The van der Waals surface area contributed by atoms with Crippen molar-refractivity contribution in [2.24, 2.45) is 11.7 Å². The minimum Gasteiger partial charge on any atom is -0.395 e. The Morgan fingerprint density at radius 1 is 1.73 bits per heavy atom. The van der Waals surface area contributed by atoms with Gasteiger partial charge in [-0.15, -0.1) is 0 Å². The van der Waals surface area contributed by atoms with Gasteiger partial charge < -0.3 is 15.7 Å². The SMILES string of the molecule is NCC1CC(=O)N(CCO)C1. The van der Waals surface area contributed by atoms with Gasteiger partial charge in [-0.1, -0.05) is 0 Å². The molecule has 1 amide bonds. The molecule has 0 aliphatic carbocycles. The smallest absolute Gasteiger partial charge is 0.223 e. The van der Waals surface area contributed by atoms with E-state index in [9.17, 15) is 4.79 Å². The van der Waals surface area contributed by atoms with Crippen molar-refractivity contribution in [3.8, 4) is 0 Å². The van der Waals surface area contributed by atoms with E-state index in [-0.39, 0.29) is 12.5 Å². The summed E-state index contributed by atoms with van der Waals surface area (Å²) >= 11 is 0. The fraction of sp³-hybridized carbons (Fsp3) is 0.857. The van der Waals surface area contributed by atoms with Crippen LogP contribution in [0.1, 0.15) is 6.42 Å². The highest BCUT2D eigenvalue weighted by atomic mass is 16.3. The third kappa shape index (κ3) is 1.91. The standard InChI is InChI=1S/C7H14N2O2/c8-4-6-3-7(11)9(5-6)1-2-10/h6,10H,1-5,8H2. The van der Waals surface area contributed by atoms with E-state index >= 15 is 0 Å². The highest BCUT2D eigenvalue weighted by Gasteiger charge is 2.27. The van der Waals surface area contributed by atoms with Gasteiger partial charge in [0.15, 0.2) is 0 Å². The van der Waals surface area contributed by atoms with Crippen molar-refractivity contribution in [3.63, 3.8) is 0 Å². The van der Waals surface area contributed by atoms with Crippen LogP contribution in [0.2, 0.25) is 0 Å². The number of carbonyl (C=O) groups excluding carboxylic acids is 1. The van der Waals surface area contributed by atoms with Gasteiger partial charge in [0, 0.05) is 19.5 Å². The molecule has 4 nitrogen and oxygen atoms in total. The molecule has 0 aromatic rings. The molecule has 0 radical (unpaired) electrons. The van der Waals surface area contributed by atoms with Crippen LogP contribution in [0.5, 0.6) is 0 Å². The van der Waals surface area contributed by atoms with Gasteiger partial charge in [-0.2, -0.15) is 0 Å². The fourth-order valence-corrected chi connectivity index (χ4v) is 1.35. The van der Waals surface area contributed by atoms with E-state index in [2.05, 4.69) is 0 Å². The maximum Gasteiger partial charge on any atom is 0.223 e. The zero-order valence-electron chi connectivity index (χ0n) is 6.49. The Balaban J connectivity index is 2.38. The van der Waals surface area contributed by atoms with Gasteiger partial charge in [0.05, 0.1) is 6.61 Å². The van der Waals surface area contributed by atoms with Crippen LogP contribution in [0.15, 0.2) is 0 Å². The molecule has 0 aromatic carbocycles. The minimum atomic E-state index is 0.0447. The second kappa shape index (κ2) is 3.69. The Morgan fingerprint density at radius 3 is 2.91 bits per heavy atom. The molecule has 1 saturated heterocycles. The highest BCUT2D eigenvalue weighted by molar-refractivity contribution is 5.78. The van der Waals surface area contributed by atoms with Gasteiger partial charge in [0.1, 0.15) is 0 Å². The molecule has 1 atom stereocenters. The van der Waals surface area contributed by atoms with E-state index in [1.165, 1.54) is 0 Å². The molecule has 1 rings (SSSR count). The van der Waals surface area contributed by atoms with Gasteiger partial charge in [-0.05, 0) is 12.5 Å². The lowest BCUT2D eigenvalue weighted by molar-refractivity contribution is -0.128. The molecular weight excluding hydrogens is 144 g/mol. The lowest BCUT2D eigenvalue weighted by Gasteiger charge is -2.13. The largest absolute Gasteiger partial charge is 0.395 e. The van der Waals surface area contributed by atoms with Gasteiger partial charge >= 0.3 is 0 Å². The quantitative estimate of drug-likeness (QED) is 0.541. The first-order valence-corrected chi connectivity index (χ1v) is 3.86. The summed E-state index contributed by atoms with van der Waals surface area (Å²) in [6.45, 7) is 1.78.